The molecule has 0 saturated carbocycles. The van der Waals surface area contributed by atoms with Gasteiger partial charge in [0.1, 0.15) is 13.2 Å². The van der Waals surface area contributed by atoms with E-state index in [1.807, 2.05) is 0 Å². The molecule has 0 unspecified atom stereocenters. The third-order valence-electron chi connectivity index (χ3n) is 4.04. The Labute approximate surface area is 137 Å². The van der Waals surface area contributed by atoms with Crippen LogP contribution in [-0.2, 0) is 28.9 Å². The van der Waals surface area contributed by atoms with Crippen molar-refractivity contribution in [3.05, 3.63) is 17.0 Å². The van der Waals surface area contributed by atoms with Crippen LogP contribution in [0.4, 0.5) is 17.6 Å². The lowest BCUT2D eigenvalue weighted by atomic mass is 10.1. The minimum absolute atomic E-state index is 0.221. The lowest BCUT2D eigenvalue weighted by Gasteiger charge is -2.19. The molecule has 0 spiro atoms. The van der Waals surface area contributed by atoms with Crippen molar-refractivity contribution in [2.45, 2.75) is 51.0 Å². The minimum Gasteiger partial charge on any atom is -0.365 e. The Morgan fingerprint density at radius 2 is 2.04 bits per heavy atom. The second-order valence-electron chi connectivity index (χ2n) is 5.99. The van der Waals surface area contributed by atoms with Crippen LogP contribution in [0, 0.1) is 0 Å². The predicted octanol–water partition coefficient (Wildman–Crippen LogP) is 2.55. The highest BCUT2D eigenvalue weighted by Crippen LogP contribution is 2.23. The fraction of sp³-hybridized carbons (Fsp3) is 0.733. The van der Waals surface area contributed by atoms with E-state index in [0.717, 1.165) is 49.1 Å². The molecule has 9 heteroatoms. The van der Waals surface area contributed by atoms with Gasteiger partial charge in [0.25, 0.3) is 0 Å². The van der Waals surface area contributed by atoms with Crippen molar-refractivity contribution >= 4 is 5.91 Å². The summed E-state index contributed by atoms with van der Waals surface area (Å²) < 4.78 is 53.9. The number of nitrogens with one attached hydrogen (secondary N) is 1. The van der Waals surface area contributed by atoms with Crippen LogP contribution in [0.3, 0.4) is 0 Å². The van der Waals surface area contributed by atoms with Crippen LogP contribution in [0.2, 0.25) is 0 Å². The zero-order valence-electron chi connectivity index (χ0n) is 13.5. The van der Waals surface area contributed by atoms with Gasteiger partial charge in [-0.05, 0) is 31.2 Å². The summed E-state index contributed by atoms with van der Waals surface area (Å²) in [6, 6.07) is 0. The van der Waals surface area contributed by atoms with Crippen LogP contribution in [0.5, 0.6) is 0 Å². The molecule has 1 aliphatic carbocycles. The maximum atomic E-state index is 12.7. The number of carbonyl (C=O) groups is 1. The van der Waals surface area contributed by atoms with Crippen molar-refractivity contribution in [1.29, 1.82) is 0 Å². The van der Waals surface area contributed by atoms with E-state index in [1.165, 1.54) is 11.9 Å². The summed E-state index contributed by atoms with van der Waals surface area (Å²) >= 11 is 0. The highest BCUT2D eigenvalue weighted by atomic mass is 19.3. The monoisotopic (exact) mass is 351 g/mol. The summed E-state index contributed by atoms with van der Waals surface area (Å²) in [6.45, 7) is -1.94. The first-order valence-electron chi connectivity index (χ1n) is 7.84. The molecule has 0 fully saturated rings. The van der Waals surface area contributed by atoms with Gasteiger partial charge in [0.05, 0.1) is 12.2 Å². The van der Waals surface area contributed by atoms with Crippen molar-refractivity contribution in [2.24, 2.45) is 0 Å². The lowest BCUT2D eigenvalue weighted by Crippen LogP contribution is -2.36. The van der Waals surface area contributed by atoms with Gasteiger partial charge in [0.2, 0.25) is 5.91 Å². The minimum atomic E-state index is -4.25. The fourth-order valence-electron chi connectivity index (χ4n) is 2.62. The standard InChI is InChI=1S/C15H21F4N3O2/c1-22(13(23)8-24-9-15(18,19)14(16)17)7-12-10-5-3-2-4-6-11(10)20-21-12/h14H,2-9H2,1H3,(H,20,21). The number of hydrogen-bond acceptors (Lipinski definition) is 3. The average molecular weight is 351 g/mol. The van der Waals surface area contributed by atoms with E-state index < -0.39 is 31.5 Å². The predicted molar refractivity (Wildman–Crippen MR) is 78.1 cm³/mol. The molecule has 2 rings (SSSR count). The second kappa shape index (κ2) is 7.96. The molecule has 0 radical (unpaired) electrons. The summed E-state index contributed by atoms with van der Waals surface area (Å²) in [7, 11) is 1.49. The van der Waals surface area contributed by atoms with E-state index >= 15 is 0 Å². The van der Waals surface area contributed by atoms with Gasteiger partial charge in [-0.2, -0.15) is 13.9 Å². The number of alkyl halides is 4. The Morgan fingerprint density at radius 1 is 1.33 bits per heavy atom. The second-order valence-corrected chi connectivity index (χ2v) is 5.99. The SMILES string of the molecule is CN(Cc1n[nH]c2c1CCCCC2)C(=O)COCC(F)(F)C(F)F. The smallest absolute Gasteiger partial charge is 0.330 e. The van der Waals surface area contributed by atoms with E-state index in [2.05, 4.69) is 14.9 Å². The highest BCUT2D eigenvalue weighted by molar-refractivity contribution is 5.77. The molecular weight excluding hydrogens is 330 g/mol. The number of hydrogen-bond donors (Lipinski definition) is 1. The number of ether oxygens (including phenoxy) is 1. The normalized spacial score (nSPS) is 15.2. The van der Waals surface area contributed by atoms with Crippen molar-refractivity contribution in [3.8, 4) is 0 Å². The van der Waals surface area contributed by atoms with Gasteiger partial charge in [0.15, 0.2) is 0 Å². The maximum absolute atomic E-state index is 12.7. The van der Waals surface area contributed by atoms with Gasteiger partial charge < -0.3 is 9.64 Å². The summed E-state index contributed by atoms with van der Waals surface area (Å²) in [5, 5.41) is 7.21. The van der Waals surface area contributed by atoms with Gasteiger partial charge in [0, 0.05) is 12.7 Å². The number of rotatable bonds is 7. The molecule has 1 aromatic rings. The van der Waals surface area contributed by atoms with E-state index in [0.29, 0.717) is 0 Å². The highest BCUT2D eigenvalue weighted by Gasteiger charge is 2.41. The number of aromatic amines is 1. The molecule has 0 aliphatic heterocycles. The molecule has 1 aromatic heterocycles. The number of aryl methyl sites for hydroxylation is 1. The van der Waals surface area contributed by atoms with Gasteiger partial charge in [-0.1, -0.05) is 6.42 Å². The summed E-state index contributed by atoms with van der Waals surface area (Å²) in [4.78, 5) is 13.2. The van der Waals surface area contributed by atoms with Gasteiger partial charge in [-0.25, -0.2) is 8.78 Å². The number of amides is 1. The molecule has 24 heavy (non-hydrogen) atoms. The zero-order valence-corrected chi connectivity index (χ0v) is 13.5. The van der Waals surface area contributed by atoms with Gasteiger partial charge >= 0.3 is 12.3 Å². The summed E-state index contributed by atoms with van der Waals surface area (Å²) in [6.07, 6.45) is 1.29. The molecule has 1 N–H and O–H groups in total. The molecule has 5 nitrogen and oxygen atoms in total. The Balaban J connectivity index is 1.85. The number of carbonyl (C=O) groups excluding carboxylic acids is 1. The topological polar surface area (TPSA) is 58.2 Å². The summed E-state index contributed by atoms with van der Waals surface area (Å²) in [5.74, 6) is -4.82. The fourth-order valence-corrected chi connectivity index (χ4v) is 2.62. The lowest BCUT2D eigenvalue weighted by molar-refractivity contribution is -0.170. The first kappa shape index (κ1) is 18.7. The first-order chi connectivity index (χ1) is 11.3. The first-order valence-corrected chi connectivity index (χ1v) is 7.84. The van der Waals surface area contributed by atoms with Crippen LogP contribution in [0.15, 0.2) is 0 Å². The van der Waals surface area contributed by atoms with E-state index in [4.69, 9.17) is 0 Å². The Kier molecular flexibility index (Phi) is 6.20. The quantitative estimate of drug-likeness (QED) is 0.607. The molecular formula is C15H21F4N3O2. The van der Waals surface area contributed by atoms with Gasteiger partial charge in [-0.15, -0.1) is 0 Å². The third kappa shape index (κ3) is 4.68. The van der Waals surface area contributed by atoms with Crippen molar-refractivity contribution in [3.63, 3.8) is 0 Å². The number of halogens is 4. The Hall–Kier alpha value is -1.64. The molecule has 0 saturated heterocycles. The summed E-state index contributed by atoms with van der Waals surface area (Å²) in [5.41, 5.74) is 2.94. The number of fused-ring (bicyclic) bond motifs is 1. The van der Waals surface area contributed by atoms with Crippen molar-refractivity contribution in [2.75, 3.05) is 20.3 Å². The van der Waals surface area contributed by atoms with Crippen LogP contribution in [-0.4, -0.2) is 53.6 Å². The maximum Gasteiger partial charge on any atom is 0.330 e. The van der Waals surface area contributed by atoms with Crippen LogP contribution in [0.1, 0.15) is 36.2 Å². The molecule has 136 valence electrons. The zero-order chi connectivity index (χ0) is 17.7. The van der Waals surface area contributed by atoms with Crippen molar-refractivity contribution in [1.82, 2.24) is 15.1 Å². The van der Waals surface area contributed by atoms with E-state index in [9.17, 15) is 22.4 Å². The van der Waals surface area contributed by atoms with Crippen LogP contribution < -0.4 is 0 Å². The molecule has 1 amide bonds. The average Bonchev–Trinajstić information content (AvgIpc) is 2.74. The van der Waals surface area contributed by atoms with Crippen molar-refractivity contribution < 1.29 is 27.1 Å². The van der Waals surface area contributed by atoms with Crippen LogP contribution >= 0.6 is 0 Å². The van der Waals surface area contributed by atoms with Gasteiger partial charge in [-0.3, -0.25) is 9.89 Å². The molecule has 1 aliphatic rings. The number of aromatic nitrogens is 2. The van der Waals surface area contributed by atoms with E-state index in [-0.39, 0.29) is 6.54 Å². The molecule has 0 atom stereocenters. The number of likely N-dealkylation sites (N-methyl/N-ethyl adjacent to an activating group) is 1. The molecule has 1 heterocycles. The van der Waals surface area contributed by atoms with E-state index in [1.54, 1.807) is 0 Å². The Bertz CT molecular complexity index is 563. The van der Waals surface area contributed by atoms with Crippen LogP contribution in [0.25, 0.3) is 0 Å². The Morgan fingerprint density at radius 3 is 2.75 bits per heavy atom. The largest absolute Gasteiger partial charge is 0.365 e. The third-order valence-corrected chi connectivity index (χ3v) is 4.04. The number of H-pyrrole nitrogens is 1. The molecule has 0 bridgehead atoms. The number of nitrogens with zero attached hydrogens (tertiary/aromatic N) is 2. The molecule has 0 aromatic carbocycles.